The van der Waals surface area contributed by atoms with E-state index in [0.29, 0.717) is 15.4 Å². The predicted molar refractivity (Wildman–Crippen MR) is 55.2 cm³/mol. The van der Waals surface area contributed by atoms with Gasteiger partial charge in [0.05, 0.1) is 6.20 Å². The lowest BCUT2D eigenvalue weighted by Crippen LogP contribution is -2.34. The molecule has 0 radical (unpaired) electrons. The van der Waals surface area contributed by atoms with E-state index in [9.17, 15) is 4.79 Å². The first-order valence-electron chi connectivity index (χ1n) is 4.33. The number of nitrogens with zero attached hydrogens (tertiary/aromatic N) is 1. The molecule has 1 aromatic heterocycles. The predicted octanol–water partition coefficient (Wildman–Crippen LogP) is 1.07. The molecule has 14 heavy (non-hydrogen) atoms. The van der Waals surface area contributed by atoms with Crippen LogP contribution in [0.4, 0.5) is 0 Å². The number of nitrogens with one attached hydrogen (secondary N) is 1. The molecule has 0 aromatic carbocycles. The normalized spacial score (nSPS) is 18.1. The molecule has 1 aromatic rings. The molecule has 1 amide bonds. The van der Waals surface area contributed by atoms with Crippen molar-refractivity contribution in [2.24, 2.45) is 5.73 Å². The number of carbonyl (C=O) groups excluding carboxylic acids is 1. The van der Waals surface area contributed by atoms with Crippen molar-refractivity contribution in [2.45, 2.75) is 24.9 Å². The van der Waals surface area contributed by atoms with Gasteiger partial charge in [-0.25, -0.2) is 4.98 Å². The van der Waals surface area contributed by atoms with Crippen LogP contribution < -0.4 is 11.1 Å². The maximum Gasteiger partial charge on any atom is 0.241 e. The number of carbonyl (C=O) groups is 1. The van der Waals surface area contributed by atoms with Crippen molar-refractivity contribution in [3.05, 3.63) is 15.5 Å². The van der Waals surface area contributed by atoms with E-state index in [1.54, 1.807) is 0 Å². The first-order valence-corrected chi connectivity index (χ1v) is 5.53. The summed E-state index contributed by atoms with van der Waals surface area (Å²) in [6.45, 7) is 0. The van der Waals surface area contributed by atoms with Crippen LogP contribution in [0, 0.1) is 0 Å². The average Bonchev–Trinajstić information content (AvgIpc) is 2.84. The minimum Gasteiger partial charge on any atom is -0.368 e. The molecule has 6 heteroatoms. The smallest absolute Gasteiger partial charge is 0.241 e. The van der Waals surface area contributed by atoms with Crippen molar-refractivity contribution in [3.63, 3.8) is 0 Å². The maximum atomic E-state index is 11.2. The Morgan fingerprint density at radius 3 is 2.93 bits per heavy atom. The molecule has 1 atom stereocenters. The summed E-state index contributed by atoms with van der Waals surface area (Å²) in [7, 11) is 0. The molecular formula is C8H10ClN3OS. The molecule has 1 heterocycles. The lowest BCUT2D eigenvalue weighted by atomic mass is 10.3. The number of nitrogens with two attached hydrogens (primary N) is 1. The van der Waals surface area contributed by atoms with Crippen molar-refractivity contribution in [3.8, 4) is 0 Å². The summed E-state index contributed by atoms with van der Waals surface area (Å²) in [5.41, 5.74) is 5.28. The number of primary amides is 1. The number of aromatic nitrogens is 1. The number of rotatable bonds is 4. The van der Waals surface area contributed by atoms with Gasteiger partial charge in [-0.3, -0.25) is 10.1 Å². The minimum atomic E-state index is -0.486. The third kappa shape index (κ3) is 2.23. The summed E-state index contributed by atoms with van der Waals surface area (Å²) in [6.07, 6.45) is 3.73. The van der Waals surface area contributed by atoms with Crippen LogP contribution in [0.3, 0.4) is 0 Å². The van der Waals surface area contributed by atoms with Crippen LogP contribution in [-0.2, 0) is 4.79 Å². The third-order valence-corrected chi connectivity index (χ3v) is 3.19. The lowest BCUT2D eigenvalue weighted by molar-refractivity contribution is -0.120. The highest BCUT2D eigenvalue weighted by Crippen LogP contribution is 2.28. The highest BCUT2D eigenvalue weighted by Gasteiger charge is 2.29. The second-order valence-corrected chi connectivity index (χ2v) is 4.97. The molecule has 0 spiro atoms. The molecule has 76 valence electrons. The van der Waals surface area contributed by atoms with Gasteiger partial charge in [-0.1, -0.05) is 11.6 Å². The Hall–Kier alpha value is -0.650. The molecule has 1 aliphatic carbocycles. The van der Waals surface area contributed by atoms with Crippen molar-refractivity contribution in [1.82, 2.24) is 10.3 Å². The van der Waals surface area contributed by atoms with Crippen molar-refractivity contribution >= 4 is 28.8 Å². The minimum absolute atomic E-state index is 0.400. The van der Waals surface area contributed by atoms with E-state index in [0.717, 1.165) is 12.8 Å². The number of thiazole rings is 1. The van der Waals surface area contributed by atoms with E-state index in [-0.39, 0.29) is 0 Å². The van der Waals surface area contributed by atoms with Gasteiger partial charge in [0.2, 0.25) is 5.91 Å². The number of halogens is 1. The Morgan fingerprint density at radius 2 is 2.50 bits per heavy atom. The van der Waals surface area contributed by atoms with Gasteiger partial charge in [-0.2, -0.15) is 0 Å². The van der Waals surface area contributed by atoms with E-state index in [2.05, 4.69) is 10.3 Å². The summed E-state index contributed by atoms with van der Waals surface area (Å²) in [5, 5.41) is 3.78. The highest BCUT2D eigenvalue weighted by molar-refractivity contribution is 7.16. The van der Waals surface area contributed by atoms with Crippen LogP contribution in [-0.4, -0.2) is 16.9 Å². The van der Waals surface area contributed by atoms with Gasteiger partial charge in [0.1, 0.15) is 15.4 Å². The zero-order chi connectivity index (χ0) is 10.1. The van der Waals surface area contributed by atoms with E-state index in [1.165, 1.54) is 17.5 Å². The Kier molecular flexibility index (Phi) is 2.71. The fraction of sp³-hybridized carbons (Fsp3) is 0.500. The number of amides is 1. The molecule has 1 saturated carbocycles. The number of hydrogen-bond donors (Lipinski definition) is 2. The lowest BCUT2D eigenvalue weighted by Gasteiger charge is -2.11. The fourth-order valence-electron chi connectivity index (χ4n) is 1.16. The zero-order valence-electron chi connectivity index (χ0n) is 7.37. The molecule has 0 saturated heterocycles. The Balaban J connectivity index is 2.12. The summed E-state index contributed by atoms with van der Waals surface area (Å²) >= 11 is 7.02. The summed E-state index contributed by atoms with van der Waals surface area (Å²) < 4.78 is 0.573. The average molecular weight is 232 g/mol. The van der Waals surface area contributed by atoms with Crippen LogP contribution in [0.15, 0.2) is 6.20 Å². The summed E-state index contributed by atoms with van der Waals surface area (Å²) in [6, 6.07) is -0.0739. The van der Waals surface area contributed by atoms with Gasteiger partial charge in [0.25, 0.3) is 0 Å². The van der Waals surface area contributed by atoms with Crippen LogP contribution in [0.1, 0.15) is 23.9 Å². The van der Waals surface area contributed by atoms with Gasteiger partial charge in [-0.05, 0) is 12.8 Å². The molecular weight excluding hydrogens is 222 g/mol. The van der Waals surface area contributed by atoms with Gasteiger partial charge in [0.15, 0.2) is 0 Å². The van der Waals surface area contributed by atoms with Gasteiger partial charge < -0.3 is 5.73 Å². The number of hydrogen-bond acceptors (Lipinski definition) is 4. The molecule has 4 nitrogen and oxygen atoms in total. The Bertz CT molecular complexity index is 350. The van der Waals surface area contributed by atoms with E-state index in [4.69, 9.17) is 17.3 Å². The van der Waals surface area contributed by atoms with Crippen LogP contribution >= 0.6 is 22.9 Å². The molecule has 0 bridgehead atoms. The van der Waals surface area contributed by atoms with Crippen molar-refractivity contribution in [2.75, 3.05) is 0 Å². The fourth-order valence-corrected chi connectivity index (χ4v) is 2.16. The van der Waals surface area contributed by atoms with Crippen molar-refractivity contribution < 1.29 is 4.79 Å². The SMILES string of the molecule is NC(=O)C(NC1CC1)c1ncc(Cl)s1. The second kappa shape index (κ2) is 3.84. The third-order valence-electron chi connectivity index (χ3n) is 2.01. The van der Waals surface area contributed by atoms with Crippen LogP contribution in [0.25, 0.3) is 0 Å². The molecule has 3 N–H and O–H groups in total. The van der Waals surface area contributed by atoms with Gasteiger partial charge in [0, 0.05) is 6.04 Å². The largest absolute Gasteiger partial charge is 0.368 e. The van der Waals surface area contributed by atoms with E-state index < -0.39 is 11.9 Å². The van der Waals surface area contributed by atoms with Crippen LogP contribution in [0.5, 0.6) is 0 Å². The zero-order valence-corrected chi connectivity index (χ0v) is 8.94. The van der Waals surface area contributed by atoms with E-state index in [1.807, 2.05) is 0 Å². The van der Waals surface area contributed by atoms with Crippen molar-refractivity contribution in [1.29, 1.82) is 0 Å². The van der Waals surface area contributed by atoms with E-state index >= 15 is 0 Å². The monoisotopic (exact) mass is 231 g/mol. The first-order chi connectivity index (χ1) is 6.66. The Labute approximate surface area is 90.5 Å². The first kappa shape index (κ1) is 9.89. The molecule has 0 aliphatic heterocycles. The standard InChI is InChI=1S/C8H10ClN3OS/c9-5-3-11-8(14-5)6(7(10)13)12-4-1-2-4/h3-4,6,12H,1-2H2,(H2,10,13). The molecule has 2 rings (SSSR count). The summed E-state index contributed by atoms with van der Waals surface area (Å²) in [5.74, 6) is -0.400. The summed E-state index contributed by atoms with van der Waals surface area (Å²) in [4.78, 5) is 15.2. The molecule has 1 fully saturated rings. The molecule has 1 aliphatic rings. The quantitative estimate of drug-likeness (QED) is 0.815. The molecule has 1 unspecified atom stereocenters. The van der Waals surface area contributed by atoms with Crippen LogP contribution in [0.2, 0.25) is 4.34 Å². The highest BCUT2D eigenvalue weighted by atomic mass is 35.5. The van der Waals surface area contributed by atoms with Gasteiger partial charge in [-0.15, -0.1) is 11.3 Å². The Morgan fingerprint density at radius 1 is 1.79 bits per heavy atom. The van der Waals surface area contributed by atoms with Gasteiger partial charge >= 0.3 is 0 Å². The topological polar surface area (TPSA) is 68.0 Å². The maximum absolute atomic E-state index is 11.2. The second-order valence-electron chi connectivity index (χ2n) is 3.28.